The molecule has 2 aromatic rings. The van der Waals surface area contributed by atoms with Gasteiger partial charge in [-0.15, -0.1) is 0 Å². The van der Waals surface area contributed by atoms with E-state index in [1.165, 1.54) is 0 Å². The van der Waals surface area contributed by atoms with Gasteiger partial charge in [-0.3, -0.25) is 0 Å². The van der Waals surface area contributed by atoms with Crippen LogP contribution in [0.5, 0.6) is 0 Å². The minimum absolute atomic E-state index is 0.180. The van der Waals surface area contributed by atoms with Crippen LogP contribution in [-0.4, -0.2) is 98.6 Å². The maximum absolute atomic E-state index is 12.5. The van der Waals surface area contributed by atoms with Crippen molar-refractivity contribution < 1.29 is 9.59 Å². The van der Waals surface area contributed by atoms with E-state index in [1.807, 2.05) is 31.1 Å². The van der Waals surface area contributed by atoms with E-state index in [4.69, 9.17) is 23.2 Å². The summed E-state index contributed by atoms with van der Waals surface area (Å²) in [5, 5.41) is 6.79. The van der Waals surface area contributed by atoms with E-state index in [0.717, 1.165) is 63.5 Å². The van der Waals surface area contributed by atoms with Crippen molar-refractivity contribution >= 4 is 64.5 Å². The summed E-state index contributed by atoms with van der Waals surface area (Å²) in [7, 11) is 1.90. The number of hydrogen-bond donors (Lipinski definition) is 2. The van der Waals surface area contributed by atoms with Gasteiger partial charge in [0.1, 0.15) is 6.29 Å². The first-order valence-corrected chi connectivity index (χ1v) is 14.4. The number of nitrogens with zero attached hydrogens (tertiary/aromatic N) is 4. The molecule has 0 bridgehead atoms. The fourth-order valence-electron chi connectivity index (χ4n) is 4.18. The van der Waals surface area contributed by atoms with Gasteiger partial charge < -0.3 is 30.1 Å². The predicted octanol–water partition coefficient (Wildman–Crippen LogP) is 4.86. The lowest BCUT2D eigenvalue weighted by Gasteiger charge is -2.36. The van der Waals surface area contributed by atoms with Crippen LogP contribution in [0, 0.1) is 0 Å². The number of anilines is 3. The summed E-state index contributed by atoms with van der Waals surface area (Å²) < 4.78 is 2.36. The number of nitrogens with one attached hydrogen (secondary N) is 2. The second kappa shape index (κ2) is 15.3. The number of benzene rings is 2. The summed E-state index contributed by atoms with van der Waals surface area (Å²) in [5.41, 5.74) is 2.70. The third-order valence-electron chi connectivity index (χ3n) is 6.44. The molecule has 8 nitrogen and oxygen atoms in total. The van der Waals surface area contributed by atoms with Gasteiger partial charge in [0.15, 0.2) is 0 Å². The second-order valence-corrected chi connectivity index (χ2v) is 10.4. The van der Waals surface area contributed by atoms with Crippen LogP contribution in [0.3, 0.4) is 0 Å². The van der Waals surface area contributed by atoms with Crippen LogP contribution in [0.1, 0.15) is 6.42 Å². The molecule has 0 spiro atoms. The number of urea groups is 1. The van der Waals surface area contributed by atoms with E-state index in [1.54, 1.807) is 23.1 Å². The van der Waals surface area contributed by atoms with Crippen molar-refractivity contribution in [3.05, 3.63) is 52.5 Å². The van der Waals surface area contributed by atoms with Crippen LogP contribution in [0.2, 0.25) is 10.0 Å². The molecule has 0 atom stereocenters. The summed E-state index contributed by atoms with van der Waals surface area (Å²) in [6.45, 7) is 8.24. The van der Waals surface area contributed by atoms with Crippen LogP contribution >= 0.6 is 35.1 Å². The highest BCUT2D eigenvalue weighted by Gasteiger charge is 2.22. The standard InChI is InChI=1S/C18H20Cl2N4O.C8H16N2OS/c1-21-13-5-7-14(8-6-13)23-9-11-24(12-10-23)18(25)22-17-15(19)3-2-4-16(17)20;1-12-10-6-4-9(5-7-10)3-2-8-11/h2-8,21H,9-12H2,1H3,(H,22,25);8H,2-7H2,1H3. The molecule has 0 saturated carbocycles. The molecule has 2 aliphatic rings. The number of carbonyl (C=O) groups excluding carboxylic acids is 2. The Labute approximate surface area is 234 Å². The number of amides is 2. The summed E-state index contributed by atoms with van der Waals surface area (Å²) in [6, 6.07) is 13.3. The van der Waals surface area contributed by atoms with Gasteiger partial charge in [-0.05, 0) is 42.7 Å². The Morgan fingerprint density at radius 2 is 1.57 bits per heavy atom. The molecule has 4 rings (SSSR count). The van der Waals surface area contributed by atoms with Crippen LogP contribution in [0.4, 0.5) is 21.9 Å². The van der Waals surface area contributed by atoms with E-state index < -0.39 is 0 Å². The Morgan fingerprint density at radius 1 is 0.946 bits per heavy atom. The fourth-order valence-corrected chi connectivity index (χ4v) is 5.20. The van der Waals surface area contributed by atoms with Crippen molar-refractivity contribution in [2.24, 2.45) is 0 Å². The van der Waals surface area contributed by atoms with Crippen molar-refractivity contribution in [3.63, 3.8) is 0 Å². The zero-order chi connectivity index (χ0) is 26.6. The monoisotopic (exact) mass is 566 g/mol. The molecule has 2 saturated heterocycles. The molecule has 2 aromatic carbocycles. The van der Waals surface area contributed by atoms with Gasteiger partial charge in [0, 0.05) is 83.7 Å². The molecule has 37 heavy (non-hydrogen) atoms. The van der Waals surface area contributed by atoms with Gasteiger partial charge in [0.25, 0.3) is 0 Å². The molecule has 0 unspecified atom stereocenters. The first kappa shape index (κ1) is 29.4. The summed E-state index contributed by atoms with van der Waals surface area (Å²) >= 11 is 14.0. The van der Waals surface area contributed by atoms with Crippen molar-refractivity contribution in [2.75, 3.05) is 87.7 Å². The van der Waals surface area contributed by atoms with Crippen molar-refractivity contribution in [2.45, 2.75) is 6.42 Å². The molecule has 2 N–H and O–H groups in total. The minimum Gasteiger partial charge on any atom is -0.388 e. The van der Waals surface area contributed by atoms with Gasteiger partial charge in [-0.2, -0.15) is 0 Å². The van der Waals surface area contributed by atoms with Gasteiger partial charge >= 0.3 is 6.03 Å². The topological polar surface area (TPSA) is 71.2 Å². The SMILES string of the molecule is CNc1ccc(N2CCN(C(=O)Nc3c(Cl)cccc3Cl)CC2)cc1.CSN1CCN(CCC=O)CC1. The first-order chi connectivity index (χ1) is 17.9. The average Bonchev–Trinajstić information content (AvgIpc) is 2.94. The molecule has 2 heterocycles. The summed E-state index contributed by atoms with van der Waals surface area (Å²) in [4.78, 5) is 29.0. The Balaban J connectivity index is 0.000000266. The number of hydrogen-bond acceptors (Lipinski definition) is 7. The lowest BCUT2D eigenvalue weighted by molar-refractivity contribution is -0.108. The maximum Gasteiger partial charge on any atom is 0.322 e. The van der Waals surface area contributed by atoms with Crippen LogP contribution in [0.15, 0.2) is 42.5 Å². The van der Waals surface area contributed by atoms with Gasteiger partial charge in [-0.1, -0.05) is 41.2 Å². The number of rotatable bonds is 7. The predicted molar refractivity (Wildman–Crippen MR) is 157 cm³/mol. The highest BCUT2D eigenvalue weighted by Crippen LogP contribution is 2.30. The molecule has 0 aromatic heterocycles. The Bertz CT molecular complexity index is 977. The second-order valence-electron chi connectivity index (χ2n) is 8.71. The third kappa shape index (κ3) is 8.97. The zero-order valence-electron chi connectivity index (χ0n) is 21.5. The van der Waals surface area contributed by atoms with Crippen molar-refractivity contribution in [1.29, 1.82) is 0 Å². The molecular formula is C26H36Cl2N6O2S. The molecule has 0 radical (unpaired) electrons. The molecule has 202 valence electrons. The fraction of sp³-hybridized carbons (Fsp3) is 0.462. The molecular weight excluding hydrogens is 531 g/mol. The van der Waals surface area contributed by atoms with Crippen LogP contribution in [-0.2, 0) is 4.79 Å². The Morgan fingerprint density at radius 3 is 2.11 bits per heavy atom. The third-order valence-corrected chi connectivity index (χ3v) is 7.95. The molecule has 0 aliphatic carbocycles. The number of piperazine rings is 2. The normalized spacial score (nSPS) is 16.5. The smallest absolute Gasteiger partial charge is 0.322 e. The van der Waals surface area contributed by atoms with Gasteiger partial charge in [-0.25, -0.2) is 9.10 Å². The van der Waals surface area contributed by atoms with Gasteiger partial charge in [0.05, 0.1) is 15.7 Å². The summed E-state index contributed by atoms with van der Waals surface area (Å²) in [6.07, 6.45) is 3.79. The zero-order valence-corrected chi connectivity index (χ0v) is 23.8. The summed E-state index contributed by atoms with van der Waals surface area (Å²) in [5.74, 6) is 0. The molecule has 2 fully saturated rings. The first-order valence-electron chi connectivity index (χ1n) is 12.4. The van der Waals surface area contributed by atoms with E-state index in [-0.39, 0.29) is 6.03 Å². The van der Waals surface area contributed by atoms with Crippen LogP contribution < -0.4 is 15.5 Å². The maximum atomic E-state index is 12.5. The lowest BCUT2D eigenvalue weighted by atomic mass is 10.2. The number of halogens is 2. The highest BCUT2D eigenvalue weighted by molar-refractivity contribution is 7.96. The van der Waals surface area contributed by atoms with Gasteiger partial charge in [0.2, 0.25) is 0 Å². The Hall–Kier alpha value is -2.17. The van der Waals surface area contributed by atoms with Crippen molar-refractivity contribution in [3.8, 4) is 0 Å². The van der Waals surface area contributed by atoms with Crippen molar-refractivity contribution in [1.82, 2.24) is 14.1 Å². The number of aldehydes is 1. The highest BCUT2D eigenvalue weighted by atomic mass is 35.5. The largest absolute Gasteiger partial charge is 0.388 e. The quantitative estimate of drug-likeness (QED) is 0.366. The average molecular weight is 568 g/mol. The van der Waals surface area contributed by atoms with E-state index in [2.05, 4.69) is 43.1 Å². The number of para-hydroxylation sites is 1. The Kier molecular flexibility index (Phi) is 12.1. The minimum atomic E-state index is -0.180. The molecule has 2 aliphatic heterocycles. The van der Waals surface area contributed by atoms with E-state index in [9.17, 15) is 9.59 Å². The van der Waals surface area contributed by atoms with E-state index >= 15 is 0 Å². The molecule has 2 amide bonds. The lowest BCUT2D eigenvalue weighted by Crippen LogP contribution is -2.50. The molecule has 11 heteroatoms. The number of carbonyl (C=O) groups is 2. The van der Waals surface area contributed by atoms with Crippen LogP contribution in [0.25, 0.3) is 0 Å². The van der Waals surface area contributed by atoms with E-state index in [0.29, 0.717) is 35.2 Å².